The summed E-state index contributed by atoms with van der Waals surface area (Å²) >= 11 is 0. The molecule has 0 fully saturated rings. The maximum Gasteiger partial charge on any atom is 0.151 e. The Balaban J connectivity index is 1.85. The summed E-state index contributed by atoms with van der Waals surface area (Å²) in [4.78, 5) is 4.47. The third-order valence-corrected chi connectivity index (χ3v) is 3.00. The lowest BCUT2D eigenvalue weighted by atomic mass is 10.2. The van der Waals surface area contributed by atoms with Crippen molar-refractivity contribution in [2.45, 2.75) is 6.23 Å². The van der Waals surface area contributed by atoms with Gasteiger partial charge in [0.05, 0.1) is 5.52 Å². The van der Waals surface area contributed by atoms with Crippen molar-refractivity contribution in [1.29, 1.82) is 0 Å². The molecule has 0 aliphatic rings. The van der Waals surface area contributed by atoms with Gasteiger partial charge in [0.2, 0.25) is 0 Å². The number of benzene rings is 2. The minimum absolute atomic E-state index is 0.662. The number of aliphatic hydroxyl groups excluding tert-OH is 1. The van der Waals surface area contributed by atoms with E-state index in [2.05, 4.69) is 10.3 Å². The summed E-state index contributed by atoms with van der Waals surface area (Å²) in [6, 6.07) is 21.2. The summed E-state index contributed by atoms with van der Waals surface area (Å²) in [5.41, 5.74) is 1.73. The van der Waals surface area contributed by atoms with E-state index in [0.29, 0.717) is 5.82 Å². The molecule has 1 aromatic heterocycles. The molecular formula is C16H14N2O. The summed E-state index contributed by atoms with van der Waals surface area (Å²) < 4.78 is 0. The van der Waals surface area contributed by atoms with Crippen molar-refractivity contribution in [1.82, 2.24) is 4.98 Å². The van der Waals surface area contributed by atoms with Crippen molar-refractivity contribution < 1.29 is 5.11 Å². The van der Waals surface area contributed by atoms with E-state index in [-0.39, 0.29) is 0 Å². The molecule has 3 heteroatoms. The number of hydrogen-bond acceptors (Lipinski definition) is 3. The number of para-hydroxylation sites is 1. The molecule has 0 aliphatic carbocycles. The summed E-state index contributed by atoms with van der Waals surface area (Å²) in [6.45, 7) is 0. The lowest BCUT2D eigenvalue weighted by Crippen LogP contribution is -2.10. The predicted molar refractivity (Wildman–Crippen MR) is 76.8 cm³/mol. The Bertz CT molecular complexity index is 682. The fourth-order valence-electron chi connectivity index (χ4n) is 2.01. The zero-order valence-corrected chi connectivity index (χ0v) is 10.3. The number of hydrogen-bond donors (Lipinski definition) is 2. The molecule has 0 saturated heterocycles. The zero-order chi connectivity index (χ0) is 13.1. The summed E-state index contributed by atoms with van der Waals surface area (Å²) in [5.74, 6) is 0.662. The molecule has 0 radical (unpaired) electrons. The SMILES string of the molecule is OC(Nc1ccc2ccccc2n1)c1ccccc1. The molecule has 19 heavy (non-hydrogen) atoms. The third kappa shape index (κ3) is 2.56. The van der Waals surface area contributed by atoms with Gasteiger partial charge < -0.3 is 10.4 Å². The molecule has 1 atom stereocenters. The molecule has 0 saturated carbocycles. The number of pyridine rings is 1. The first-order valence-electron chi connectivity index (χ1n) is 6.18. The van der Waals surface area contributed by atoms with Crippen LogP contribution >= 0.6 is 0 Å². The molecule has 0 spiro atoms. The van der Waals surface area contributed by atoms with Crippen molar-refractivity contribution in [2.24, 2.45) is 0 Å². The van der Waals surface area contributed by atoms with Gasteiger partial charge in [-0.2, -0.15) is 0 Å². The quantitative estimate of drug-likeness (QED) is 0.701. The van der Waals surface area contributed by atoms with Gasteiger partial charge in [-0.1, -0.05) is 48.5 Å². The van der Waals surface area contributed by atoms with E-state index >= 15 is 0 Å². The van der Waals surface area contributed by atoms with Crippen molar-refractivity contribution in [3.05, 3.63) is 72.3 Å². The van der Waals surface area contributed by atoms with Gasteiger partial charge in [-0.15, -0.1) is 0 Å². The average Bonchev–Trinajstić information content (AvgIpc) is 2.48. The molecular weight excluding hydrogens is 236 g/mol. The highest BCUT2D eigenvalue weighted by molar-refractivity contribution is 5.80. The maximum atomic E-state index is 10.1. The second kappa shape index (κ2) is 5.08. The number of nitrogens with one attached hydrogen (secondary N) is 1. The number of nitrogens with zero attached hydrogens (tertiary/aromatic N) is 1. The van der Waals surface area contributed by atoms with Gasteiger partial charge in [0, 0.05) is 10.9 Å². The fourth-order valence-corrected chi connectivity index (χ4v) is 2.01. The van der Waals surface area contributed by atoms with E-state index < -0.39 is 6.23 Å². The highest BCUT2D eigenvalue weighted by Gasteiger charge is 2.07. The Kier molecular flexibility index (Phi) is 3.12. The minimum Gasteiger partial charge on any atom is -0.369 e. The molecule has 1 unspecified atom stereocenters. The Morgan fingerprint density at radius 3 is 2.42 bits per heavy atom. The van der Waals surface area contributed by atoms with Crippen LogP contribution in [-0.2, 0) is 0 Å². The fraction of sp³-hybridized carbons (Fsp3) is 0.0625. The van der Waals surface area contributed by atoms with Crippen LogP contribution in [0, 0.1) is 0 Å². The Morgan fingerprint density at radius 2 is 1.58 bits per heavy atom. The average molecular weight is 250 g/mol. The van der Waals surface area contributed by atoms with Crippen LogP contribution in [0.15, 0.2) is 66.7 Å². The van der Waals surface area contributed by atoms with E-state index in [4.69, 9.17) is 0 Å². The van der Waals surface area contributed by atoms with Crippen LogP contribution < -0.4 is 5.32 Å². The molecule has 0 aliphatic heterocycles. The van der Waals surface area contributed by atoms with Crippen molar-refractivity contribution in [3.8, 4) is 0 Å². The second-order valence-corrected chi connectivity index (χ2v) is 4.35. The molecule has 3 aromatic rings. The van der Waals surface area contributed by atoms with Crippen LogP contribution in [0.2, 0.25) is 0 Å². The maximum absolute atomic E-state index is 10.1. The number of fused-ring (bicyclic) bond motifs is 1. The lowest BCUT2D eigenvalue weighted by molar-refractivity contribution is 0.208. The van der Waals surface area contributed by atoms with E-state index in [1.165, 1.54) is 0 Å². The van der Waals surface area contributed by atoms with Crippen LogP contribution in [0.25, 0.3) is 10.9 Å². The van der Waals surface area contributed by atoms with Gasteiger partial charge in [-0.25, -0.2) is 4.98 Å². The smallest absolute Gasteiger partial charge is 0.151 e. The van der Waals surface area contributed by atoms with E-state index in [9.17, 15) is 5.11 Å². The summed E-state index contributed by atoms with van der Waals surface area (Å²) in [5, 5.41) is 14.2. The molecule has 94 valence electrons. The zero-order valence-electron chi connectivity index (χ0n) is 10.3. The van der Waals surface area contributed by atoms with Gasteiger partial charge in [0.25, 0.3) is 0 Å². The van der Waals surface area contributed by atoms with Crippen LogP contribution in [0.5, 0.6) is 0 Å². The highest BCUT2D eigenvalue weighted by atomic mass is 16.3. The van der Waals surface area contributed by atoms with E-state index in [1.807, 2.05) is 66.7 Å². The first-order chi connectivity index (χ1) is 9.33. The van der Waals surface area contributed by atoms with Gasteiger partial charge in [-0.05, 0) is 18.2 Å². The van der Waals surface area contributed by atoms with E-state index in [1.54, 1.807) is 0 Å². The minimum atomic E-state index is -0.755. The summed E-state index contributed by atoms with van der Waals surface area (Å²) in [7, 11) is 0. The lowest BCUT2D eigenvalue weighted by Gasteiger charge is -2.14. The number of aromatic nitrogens is 1. The molecule has 2 aromatic carbocycles. The largest absolute Gasteiger partial charge is 0.369 e. The normalized spacial score (nSPS) is 12.3. The van der Waals surface area contributed by atoms with Crippen LogP contribution in [0.3, 0.4) is 0 Å². The molecule has 3 nitrogen and oxygen atoms in total. The Labute approximate surface area is 111 Å². The molecule has 1 heterocycles. The molecule has 2 N–H and O–H groups in total. The standard InChI is InChI=1S/C16H14N2O/c19-16(13-7-2-1-3-8-13)18-15-11-10-12-6-4-5-9-14(12)17-15/h1-11,16,19H,(H,17,18). The van der Waals surface area contributed by atoms with Gasteiger partial charge in [0.15, 0.2) is 6.23 Å². The van der Waals surface area contributed by atoms with E-state index in [0.717, 1.165) is 16.5 Å². The van der Waals surface area contributed by atoms with Crippen molar-refractivity contribution in [2.75, 3.05) is 5.32 Å². The van der Waals surface area contributed by atoms with Crippen molar-refractivity contribution in [3.63, 3.8) is 0 Å². The van der Waals surface area contributed by atoms with Gasteiger partial charge in [0.1, 0.15) is 5.82 Å². The first kappa shape index (κ1) is 11.7. The summed E-state index contributed by atoms with van der Waals surface area (Å²) in [6.07, 6.45) is -0.755. The number of rotatable bonds is 3. The molecule has 3 rings (SSSR count). The third-order valence-electron chi connectivity index (χ3n) is 3.00. The first-order valence-corrected chi connectivity index (χ1v) is 6.18. The Hall–Kier alpha value is -2.39. The number of aliphatic hydroxyl groups is 1. The van der Waals surface area contributed by atoms with Crippen LogP contribution in [-0.4, -0.2) is 10.1 Å². The molecule has 0 bridgehead atoms. The topological polar surface area (TPSA) is 45.1 Å². The Morgan fingerprint density at radius 1 is 0.842 bits per heavy atom. The molecule has 0 amide bonds. The van der Waals surface area contributed by atoms with Crippen LogP contribution in [0.4, 0.5) is 5.82 Å². The highest BCUT2D eigenvalue weighted by Crippen LogP contribution is 2.18. The van der Waals surface area contributed by atoms with Gasteiger partial charge >= 0.3 is 0 Å². The monoisotopic (exact) mass is 250 g/mol. The predicted octanol–water partition coefficient (Wildman–Crippen LogP) is 3.34. The van der Waals surface area contributed by atoms with Crippen LogP contribution in [0.1, 0.15) is 11.8 Å². The second-order valence-electron chi connectivity index (χ2n) is 4.35. The number of anilines is 1. The van der Waals surface area contributed by atoms with Crippen molar-refractivity contribution >= 4 is 16.7 Å². The van der Waals surface area contributed by atoms with Gasteiger partial charge in [-0.3, -0.25) is 0 Å².